The van der Waals surface area contributed by atoms with Crippen molar-refractivity contribution in [2.24, 2.45) is 0 Å². The Bertz CT molecular complexity index is 889. The SMILES string of the molecule is CCCCCCCCCCCCc1ccc(S(=O)(=O)Oc2c(Br)cc(Br)cc2Br)cc1. The van der Waals surface area contributed by atoms with Gasteiger partial charge in [0.2, 0.25) is 0 Å². The highest BCUT2D eigenvalue weighted by Gasteiger charge is 2.20. The van der Waals surface area contributed by atoms with Gasteiger partial charge in [-0.25, -0.2) is 0 Å². The van der Waals surface area contributed by atoms with Gasteiger partial charge in [-0.2, -0.15) is 8.42 Å². The monoisotopic (exact) mass is 636 g/mol. The molecule has 0 saturated carbocycles. The summed E-state index contributed by atoms with van der Waals surface area (Å²) in [5.41, 5.74) is 1.16. The second kappa shape index (κ2) is 14.0. The van der Waals surface area contributed by atoms with E-state index >= 15 is 0 Å². The van der Waals surface area contributed by atoms with Crippen LogP contribution in [0.15, 0.2) is 54.7 Å². The van der Waals surface area contributed by atoms with Gasteiger partial charge in [-0.3, -0.25) is 0 Å². The Kier molecular flexibility index (Phi) is 12.2. The third-order valence-corrected chi connectivity index (χ3v) is 8.06. The van der Waals surface area contributed by atoms with E-state index in [1.807, 2.05) is 12.1 Å². The smallest absolute Gasteiger partial charge is 0.339 e. The molecule has 0 aliphatic heterocycles. The molecule has 0 spiro atoms. The minimum atomic E-state index is -3.91. The van der Waals surface area contributed by atoms with Crippen LogP contribution < -0.4 is 4.18 Å². The van der Waals surface area contributed by atoms with E-state index in [4.69, 9.17) is 4.18 Å². The molecule has 0 bridgehead atoms. The second-order valence-corrected chi connectivity index (χ2v) is 12.0. The third-order valence-electron chi connectivity index (χ3n) is 5.19. The van der Waals surface area contributed by atoms with Gasteiger partial charge in [0.1, 0.15) is 4.90 Å². The van der Waals surface area contributed by atoms with E-state index in [1.54, 1.807) is 24.3 Å². The Labute approximate surface area is 212 Å². The molecule has 0 atom stereocenters. The van der Waals surface area contributed by atoms with E-state index in [0.717, 1.165) is 22.9 Å². The van der Waals surface area contributed by atoms with Crippen molar-refractivity contribution in [3.8, 4) is 5.75 Å². The van der Waals surface area contributed by atoms with Gasteiger partial charge in [-0.15, -0.1) is 0 Å². The van der Waals surface area contributed by atoms with Gasteiger partial charge in [0.15, 0.2) is 5.75 Å². The lowest BCUT2D eigenvalue weighted by atomic mass is 10.0. The molecule has 2 rings (SSSR count). The Balaban J connectivity index is 1.77. The van der Waals surface area contributed by atoms with Crippen molar-refractivity contribution in [3.63, 3.8) is 0 Å². The van der Waals surface area contributed by atoms with E-state index in [0.29, 0.717) is 8.95 Å². The molecule has 0 aliphatic carbocycles. The Morgan fingerprint density at radius 3 is 1.74 bits per heavy atom. The third kappa shape index (κ3) is 9.56. The number of rotatable bonds is 14. The summed E-state index contributed by atoms with van der Waals surface area (Å²) in [4.78, 5) is 0.154. The van der Waals surface area contributed by atoms with Crippen molar-refractivity contribution in [2.45, 2.75) is 82.4 Å². The first-order valence-electron chi connectivity index (χ1n) is 11.0. The summed E-state index contributed by atoms with van der Waals surface area (Å²) in [5.74, 6) is 0.234. The lowest BCUT2D eigenvalue weighted by molar-refractivity contribution is 0.483. The summed E-state index contributed by atoms with van der Waals surface area (Å²) >= 11 is 10.1. The van der Waals surface area contributed by atoms with Crippen LogP contribution in [-0.4, -0.2) is 8.42 Å². The standard InChI is InChI=1S/C24H31Br3O3S/c1-2-3-4-5-6-7-8-9-10-11-12-19-13-15-21(16-14-19)31(28,29)30-24-22(26)17-20(25)18-23(24)27/h13-18H,2-12H2,1H3. The van der Waals surface area contributed by atoms with E-state index in [1.165, 1.54) is 57.8 Å². The van der Waals surface area contributed by atoms with Crippen LogP contribution in [0.1, 0.15) is 76.7 Å². The molecule has 0 heterocycles. The molecule has 7 heteroatoms. The van der Waals surface area contributed by atoms with Crippen LogP contribution in [0.4, 0.5) is 0 Å². The van der Waals surface area contributed by atoms with Crippen molar-refractivity contribution in [1.82, 2.24) is 0 Å². The summed E-state index contributed by atoms with van der Waals surface area (Å²) in [7, 11) is -3.91. The summed E-state index contributed by atoms with van der Waals surface area (Å²) in [5, 5.41) is 0. The predicted molar refractivity (Wildman–Crippen MR) is 139 cm³/mol. The first kappa shape index (κ1) is 26.9. The topological polar surface area (TPSA) is 43.4 Å². The minimum Gasteiger partial charge on any atom is -0.377 e. The fourth-order valence-corrected chi connectivity index (χ4v) is 7.01. The molecule has 0 N–H and O–H groups in total. The van der Waals surface area contributed by atoms with Crippen molar-refractivity contribution in [1.29, 1.82) is 0 Å². The second-order valence-electron chi connectivity index (χ2n) is 7.81. The average Bonchev–Trinajstić information content (AvgIpc) is 2.72. The molecule has 31 heavy (non-hydrogen) atoms. The molecule has 172 valence electrons. The normalized spacial score (nSPS) is 11.6. The lowest BCUT2D eigenvalue weighted by Crippen LogP contribution is -2.10. The molecule has 3 nitrogen and oxygen atoms in total. The molecule has 2 aromatic carbocycles. The first-order chi connectivity index (χ1) is 14.8. The number of benzene rings is 2. The Morgan fingerprint density at radius 1 is 0.742 bits per heavy atom. The van der Waals surface area contributed by atoms with Gasteiger partial charge >= 0.3 is 10.1 Å². The van der Waals surface area contributed by atoms with Crippen molar-refractivity contribution in [3.05, 3.63) is 55.4 Å². The molecule has 2 aromatic rings. The van der Waals surface area contributed by atoms with Crippen LogP contribution in [0, 0.1) is 0 Å². The molecular weight excluding hydrogens is 608 g/mol. The van der Waals surface area contributed by atoms with Gasteiger partial charge in [0.05, 0.1) is 8.95 Å². The van der Waals surface area contributed by atoms with E-state index < -0.39 is 10.1 Å². The summed E-state index contributed by atoms with van der Waals surface area (Å²) < 4.78 is 32.6. The first-order valence-corrected chi connectivity index (χ1v) is 14.8. The zero-order chi connectivity index (χ0) is 22.7. The highest BCUT2D eigenvalue weighted by atomic mass is 79.9. The maximum absolute atomic E-state index is 12.7. The van der Waals surface area contributed by atoms with Crippen LogP contribution in [0.5, 0.6) is 5.75 Å². The highest BCUT2D eigenvalue weighted by molar-refractivity contribution is 9.11. The summed E-state index contributed by atoms with van der Waals surface area (Å²) in [6.45, 7) is 2.25. The number of halogens is 3. The van der Waals surface area contributed by atoms with Crippen LogP contribution in [0.3, 0.4) is 0 Å². The molecule has 0 saturated heterocycles. The molecule has 0 unspecified atom stereocenters. The molecule has 0 aliphatic rings. The van der Waals surface area contributed by atoms with Crippen LogP contribution in [0.2, 0.25) is 0 Å². The van der Waals surface area contributed by atoms with E-state index in [9.17, 15) is 8.42 Å². The molecule has 0 aromatic heterocycles. The summed E-state index contributed by atoms with van der Waals surface area (Å²) in [6.07, 6.45) is 14.1. The molecular formula is C24H31Br3O3S. The van der Waals surface area contributed by atoms with Crippen LogP contribution in [0.25, 0.3) is 0 Å². The summed E-state index contributed by atoms with van der Waals surface area (Å²) in [6, 6.07) is 10.5. The molecule has 0 radical (unpaired) electrons. The maximum atomic E-state index is 12.7. The molecule has 0 amide bonds. The van der Waals surface area contributed by atoms with Crippen LogP contribution >= 0.6 is 47.8 Å². The van der Waals surface area contributed by atoms with Crippen molar-refractivity contribution in [2.75, 3.05) is 0 Å². The van der Waals surface area contributed by atoms with Gasteiger partial charge < -0.3 is 4.18 Å². The number of hydrogen-bond donors (Lipinski definition) is 0. The Hall–Kier alpha value is -0.370. The predicted octanol–water partition coefficient (Wildman–Crippen LogP) is 9.21. The zero-order valence-corrected chi connectivity index (χ0v) is 23.6. The number of aryl methyl sites for hydroxylation is 1. The minimum absolute atomic E-state index is 0.154. The van der Waals surface area contributed by atoms with Gasteiger partial charge in [-0.05, 0) is 74.5 Å². The van der Waals surface area contributed by atoms with Crippen LogP contribution in [-0.2, 0) is 16.5 Å². The van der Waals surface area contributed by atoms with Gasteiger partial charge in [0, 0.05) is 4.47 Å². The van der Waals surface area contributed by atoms with Gasteiger partial charge in [-0.1, -0.05) is 92.8 Å². The quantitative estimate of drug-likeness (QED) is 0.153. The number of hydrogen-bond acceptors (Lipinski definition) is 3. The van der Waals surface area contributed by atoms with E-state index in [-0.39, 0.29) is 10.6 Å². The lowest BCUT2D eigenvalue weighted by Gasteiger charge is -2.11. The zero-order valence-electron chi connectivity index (χ0n) is 18.0. The van der Waals surface area contributed by atoms with Gasteiger partial charge in [0.25, 0.3) is 0 Å². The van der Waals surface area contributed by atoms with E-state index in [2.05, 4.69) is 54.7 Å². The highest BCUT2D eigenvalue weighted by Crippen LogP contribution is 2.38. The molecule has 0 fully saturated rings. The van der Waals surface area contributed by atoms with Crippen molar-refractivity contribution >= 4 is 57.9 Å². The Morgan fingerprint density at radius 2 is 1.23 bits per heavy atom. The maximum Gasteiger partial charge on any atom is 0.339 e. The average molecular weight is 639 g/mol. The number of unbranched alkanes of at least 4 members (excludes halogenated alkanes) is 9. The fourth-order valence-electron chi connectivity index (χ4n) is 3.41. The fraction of sp³-hybridized carbons (Fsp3) is 0.500. The largest absolute Gasteiger partial charge is 0.377 e. The van der Waals surface area contributed by atoms with Crippen molar-refractivity contribution < 1.29 is 12.6 Å².